The number of amides is 1. The number of hydrogen-bond donors (Lipinski definition) is 2. The summed E-state index contributed by atoms with van der Waals surface area (Å²) in [5.74, 6) is -0.545. The van der Waals surface area contributed by atoms with Crippen molar-refractivity contribution >= 4 is 55.6 Å². The highest BCUT2D eigenvalue weighted by Gasteiger charge is 2.25. The highest BCUT2D eigenvalue weighted by molar-refractivity contribution is 7.91. The summed E-state index contributed by atoms with van der Waals surface area (Å²) >= 11 is 12.6. The molecule has 0 unspecified atom stereocenters. The van der Waals surface area contributed by atoms with Crippen LogP contribution in [-0.4, -0.2) is 24.5 Å². The van der Waals surface area contributed by atoms with Crippen LogP contribution in [0.25, 0.3) is 0 Å². The van der Waals surface area contributed by atoms with Gasteiger partial charge < -0.3 is 0 Å². The maximum atomic E-state index is 12.8. The molecule has 0 fully saturated rings. The Morgan fingerprint density at radius 2 is 1.84 bits per heavy atom. The first-order valence-corrected chi connectivity index (χ1v) is 12.4. The molecule has 7 nitrogen and oxygen atoms in total. The Morgan fingerprint density at radius 3 is 2.48 bits per heavy atom. The van der Waals surface area contributed by atoms with E-state index in [-0.39, 0.29) is 20.1 Å². The number of carbonyl (C=O) groups is 1. The quantitative estimate of drug-likeness (QED) is 0.438. The van der Waals surface area contributed by atoms with Crippen LogP contribution in [0.2, 0.25) is 10.0 Å². The van der Waals surface area contributed by atoms with E-state index in [4.69, 9.17) is 23.2 Å². The van der Waals surface area contributed by atoms with E-state index in [1.54, 1.807) is 0 Å². The summed E-state index contributed by atoms with van der Waals surface area (Å²) in [6.07, 6.45) is 0.555. The zero-order valence-electron chi connectivity index (χ0n) is 16.9. The average molecular weight is 499 g/mol. The minimum absolute atomic E-state index is 0.0376. The molecule has 0 bridgehead atoms. The Bertz CT molecular complexity index is 1230. The molecule has 0 radical (unpaired) electrons. The van der Waals surface area contributed by atoms with Crippen molar-refractivity contribution in [3.05, 3.63) is 68.7 Å². The monoisotopic (exact) mass is 498 g/mol. The van der Waals surface area contributed by atoms with Gasteiger partial charge in [0.1, 0.15) is 0 Å². The van der Waals surface area contributed by atoms with Crippen molar-refractivity contribution in [2.75, 3.05) is 5.32 Å². The number of hydrogen-bond acceptors (Lipinski definition) is 6. The molecule has 1 amide bonds. The van der Waals surface area contributed by atoms with Gasteiger partial charge in [-0.2, -0.15) is 0 Å². The van der Waals surface area contributed by atoms with Gasteiger partial charge in [-0.15, -0.1) is 10.2 Å². The highest BCUT2D eigenvalue weighted by atomic mass is 35.5. The van der Waals surface area contributed by atoms with E-state index in [1.807, 2.05) is 39.0 Å². The molecule has 1 aromatic heterocycles. The van der Waals surface area contributed by atoms with Crippen LogP contribution in [0.5, 0.6) is 0 Å². The molecule has 1 atom stereocenters. The summed E-state index contributed by atoms with van der Waals surface area (Å²) < 4.78 is 28.1. The molecule has 11 heteroatoms. The van der Waals surface area contributed by atoms with Gasteiger partial charge in [-0.05, 0) is 55.2 Å². The van der Waals surface area contributed by atoms with Crippen molar-refractivity contribution in [1.29, 1.82) is 0 Å². The number of rotatable bonds is 7. The standard InChI is InChI=1S/C20H20Cl2N4O3S2/c1-4-17(13-6-5-11(2)12(3)9-13)26-31(28,29)20-25-24-19(30-20)23-18(27)15-8-7-14(21)10-16(15)22/h5-10,17,26H,4H2,1-3H3,(H,23,24,27)/t17-/m0/s1. The lowest BCUT2D eigenvalue weighted by Gasteiger charge is -2.17. The number of benzene rings is 2. The highest BCUT2D eigenvalue weighted by Crippen LogP contribution is 2.26. The molecular weight excluding hydrogens is 479 g/mol. The second kappa shape index (κ2) is 9.62. The number of nitrogens with zero attached hydrogens (tertiary/aromatic N) is 2. The Balaban J connectivity index is 1.76. The number of aromatic nitrogens is 2. The van der Waals surface area contributed by atoms with E-state index >= 15 is 0 Å². The number of sulfonamides is 1. The predicted octanol–water partition coefficient (Wildman–Crippen LogP) is 5.14. The van der Waals surface area contributed by atoms with Gasteiger partial charge in [0.2, 0.25) is 9.47 Å². The lowest BCUT2D eigenvalue weighted by molar-refractivity contribution is 0.102. The fourth-order valence-corrected chi connectivity index (χ4v) is 5.53. The first kappa shape index (κ1) is 23.6. The van der Waals surface area contributed by atoms with Crippen molar-refractivity contribution in [2.24, 2.45) is 0 Å². The van der Waals surface area contributed by atoms with Gasteiger partial charge in [0, 0.05) is 11.1 Å². The molecule has 164 valence electrons. The second-order valence-electron chi connectivity index (χ2n) is 6.88. The third kappa shape index (κ3) is 5.61. The summed E-state index contributed by atoms with van der Waals surface area (Å²) in [5, 5.41) is 10.6. The molecule has 0 saturated carbocycles. The van der Waals surface area contributed by atoms with Crippen LogP contribution in [0.1, 0.15) is 46.4 Å². The molecule has 1 heterocycles. The minimum atomic E-state index is -3.94. The Morgan fingerprint density at radius 1 is 1.10 bits per heavy atom. The van der Waals surface area contributed by atoms with Gasteiger partial charge in [-0.3, -0.25) is 10.1 Å². The summed E-state index contributed by atoms with van der Waals surface area (Å²) in [6.45, 7) is 5.87. The Hall–Kier alpha value is -2.04. The molecule has 2 aromatic carbocycles. The lowest BCUT2D eigenvalue weighted by Crippen LogP contribution is -2.28. The molecule has 0 saturated heterocycles. The zero-order valence-corrected chi connectivity index (χ0v) is 20.1. The van der Waals surface area contributed by atoms with E-state index in [9.17, 15) is 13.2 Å². The first-order chi connectivity index (χ1) is 14.6. The van der Waals surface area contributed by atoms with E-state index in [0.29, 0.717) is 11.4 Å². The fraction of sp³-hybridized carbons (Fsp3) is 0.250. The van der Waals surface area contributed by atoms with Crippen LogP contribution < -0.4 is 10.0 Å². The average Bonchev–Trinajstić information content (AvgIpc) is 3.17. The van der Waals surface area contributed by atoms with E-state index in [2.05, 4.69) is 20.2 Å². The SMILES string of the molecule is CC[C@H](NS(=O)(=O)c1nnc(NC(=O)c2ccc(Cl)cc2Cl)s1)c1ccc(C)c(C)c1. The van der Waals surface area contributed by atoms with Gasteiger partial charge in [-0.1, -0.05) is 59.7 Å². The summed E-state index contributed by atoms with van der Waals surface area (Å²) in [5.41, 5.74) is 3.26. The van der Waals surface area contributed by atoms with Crippen LogP contribution in [0, 0.1) is 13.8 Å². The summed E-state index contributed by atoms with van der Waals surface area (Å²) in [4.78, 5) is 12.4. The van der Waals surface area contributed by atoms with Gasteiger partial charge in [0.05, 0.1) is 10.6 Å². The number of aryl methyl sites for hydroxylation is 2. The number of anilines is 1. The molecule has 2 N–H and O–H groups in total. The molecule has 3 aromatic rings. The first-order valence-electron chi connectivity index (χ1n) is 9.30. The number of carbonyl (C=O) groups excluding carboxylic acids is 1. The van der Waals surface area contributed by atoms with E-state index in [0.717, 1.165) is 28.0 Å². The summed E-state index contributed by atoms with van der Waals surface area (Å²) in [7, 11) is -3.94. The van der Waals surface area contributed by atoms with Crippen LogP contribution in [0.3, 0.4) is 0 Å². The van der Waals surface area contributed by atoms with Crippen molar-refractivity contribution in [3.8, 4) is 0 Å². The van der Waals surface area contributed by atoms with Crippen LogP contribution in [0.4, 0.5) is 5.13 Å². The van der Waals surface area contributed by atoms with Gasteiger partial charge in [0.25, 0.3) is 15.9 Å². The van der Waals surface area contributed by atoms with E-state index < -0.39 is 22.0 Å². The van der Waals surface area contributed by atoms with Gasteiger partial charge >= 0.3 is 0 Å². The third-order valence-corrected chi connectivity index (χ3v) is 7.90. The molecule has 0 aliphatic rings. The number of halogens is 2. The molecule has 0 spiro atoms. The van der Waals surface area contributed by atoms with Crippen molar-refractivity contribution in [2.45, 2.75) is 37.6 Å². The van der Waals surface area contributed by atoms with Crippen LogP contribution in [0.15, 0.2) is 40.7 Å². The minimum Gasteiger partial charge on any atom is -0.296 e. The van der Waals surface area contributed by atoms with Gasteiger partial charge in [0.15, 0.2) is 0 Å². The maximum Gasteiger partial charge on any atom is 0.270 e. The zero-order chi connectivity index (χ0) is 22.8. The Labute approximate surface area is 194 Å². The lowest BCUT2D eigenvalue weighted by atomic mass is 10.0. The number of nitrogens with one attached hydrogen (secondary N) is 2. The van der Waals surface area contributed by atoms with Crippen LogP contribution in [-0.2, 0) is 10.0 Å². The molecule has 0 aliphatic heterocycles. The fourth-order valence-electron chi connectivity index (χ4n) is 2.81. The largest absolute Gasteiger partial charge is 0.296 e. The molecule has 0 aliphatic carbocycles. The smallest absolute Gasteiger partial charge is 0.270 e. The van der Waals surface area contributed by atoms with Crippen molar-refractivity contribution in [3.63, 3.8) is 0 Å². The van der Waals surface area contributed by atoms with Crippen molar-refractivity contribution in [1.82, 2.24) is 14.9 Å². The third-order valence-electron chi connectivity index (χ3n) is 4.67. The summed E-state index contributed by atoms with van der Waals surface area (Å²) in [6, 6.07) is 9.85. The molecule has 3 rings (SSSR count). The topological polar surface area (TPSA) is 101 Å². The Kier molecular flexibility index (Phi) is 7.33. The maximum absolute atomic E-state index is 12.8. The second-order valence-corrected chi connectivity index (χ2v) is 10.6. The molecular formula is C20H20Cl2N4O3S2. The molecule has 31 heavy (non-hydrogen) atoms. The predicted molar refractivity (Wildman–Crippen MR) is 124 cm³/mol. The van der Waals surface area contributed by atoms with Gasteiger partial charge in [-0.25, -0.2) is 13.1 Å². The van der Waals surface area contributed by atoms with Crippen LogP contribution >= 0.6 is 34.5 Å². The van der Waals surface area contributed by atoms with E-state index in [1.165, 1.54) is 18.2 Å². The normalized spacial score (nSPS) is 12.5. The van der Waals surface area contributed by atoms with Crippen molar-refractivity contribution < 1.29 is 13.2 Å².